The summed E-state index contributed by atoms with van der Waals surface area (Å²) in [5, 5.41) is 3.06. The predicted molar refractivity (Wildman–Crippen MR) is 85.4 cm³/mol. The minimum atomic E-state index is -0.0788. The van der Waals surface area contributed by atoms with Gasteiger partial charge in [0, 0.05) is 17.3 Å². The smallest absolute Gasteiger partial charge is 0.228 e. The highest BCUT2D eigenvalue weighted by atomic mass is 32.1. The SMILES string of the molecule is C[C@H](c1cc2ccccc2o1)N(C)C(=O)Cc1cccs1. The molecule has 0 N–H and O–H groups in total. The predicted octanol–water partition coefficient (Wildman–Crippen LogP) is 4.26. The number of rotatable bonds is 4. The first-order chi connectivity index (χ1) is 10.1. The zero-order chi connectivity index (χ0) is 14.8. The number of carbonyl (C=O) groups excluding carboxylic acids is 1. The molecular weight excluding hydrogens is 282 g/mol. The van der Waals surface area contributed by atoms with Crippen LogP contribution in [0.1, 0.15) is 23.6 Å². The summed E-state index contributed by atoms with van der Waals surface area (Å²) in [4.78, 5) is 15.2. The molecule has 0 aliphatic carbocycles. The third-order valence-corrected chi connectivity index (χ3v) is 4.61. The monoisotopic (exact) mass is 299 g/mol. The number of likely N-dealkylation sites (N-methyl/N-ethyl adjacent to an activating group) is 1. The maximum Gasteiger partial charge on any atom is 0.228 e. The fourth-order valence-corrected chi connectivity index (χ4v) is 3.00. The van der Waals surface area contributed by atoms with Gasteiger partial charge in [-0.1, -0.05) is 24.3 Å². The quantitative estimate of drug-likeness (QED) is 0.721. The third kappa shape index (κ3) is 2.85. The van der Waals surface area contributed by atoms with Gasteiger partial charge in [-0.05, 0) is 30.5 Å². The van der Waals surface area contributed by atoms with E-state index >= 15 is 0 Å². The Kier molecular flexibility index (Phi) is 3.80. The number of amides is 1. The van der Waals surface area contributed by atoms with E-state index in [9.17, 15) is 4.79 Å². The van der Waals surface area contributed by atoms with Crippen LogP contribution in [0.3, 0.4) is 0 Å². The van der Waals surface area contributed by atoms with Crippen LogP contribution in [0.5, 0.6) is 0 Å². The molecular formula is C17H17NO2S. The Morgan fingerprint density at radius 3 is 2.81 bits per heavy atom. The molecule has 3 aromatic rings. The minimum Gasteiger partial charge on any atom is -0.459 e. The van der Waals surface area contributed by atoms with E-state index in [1.165, 1.54) is 0 Å². The van der Waals surface area contributed by atoms with Crippen molar-refractivity contribution in [3.05, 3.63) is 58.5 Å². The third-order valence-electron chi connectivity index (χ3n) is 3.74. The molecule has 108 valence electrons. The lowest BCUT2D eigenvalue weighted by atomic mass is 10.2. The normalized spacial score (nSPS) is 12.5. The summed E-state index contributed by atoms with van der Waals surface area (Å²) in [7, 11) is 1.83. The molecule has 0 aliphatic heterocycles. The van der Waals surface area contributed by atoms with Gasteiger partial charge in [-0.2, -0.15) is 0 Å². The molecule has 3 nitrogen and oxygen atoms in total. The summed E-state index contributed by atoms with van der Waals surface area (Å²) in [6.07, 6.45) is 0.443. The van der Waals surface area contributed by atoms with E-state index in [-0.39, 0.29) is 11.9 Å². The van der Waals surface area contributed by atoms with Crippen molar-refractivity contribution in [3.63, 3.8) is 0 Å². The van der Waals surface area contributed by atoms with E-state index < -0.39 is 0 Å². The molecule has 1 atom stereocenters. The van der Waals surface area contributed by atoms with Gasteiger partial charge in [-0.15, -0.1) is 11.3 Å². The summed E-state index contributed by atoms with van der Waals surface area (Å²) in [5.41, 5.74) is 0.860. The summed E-state index contributed by atoms with van der Waals surface area (Å²) in [5.74, 6) is 0.920. The Morgan fingerprint density at radius 1 is 1.29 bits per heavy atom. The number of nitrogens with zero attached hydrogens (tertiary/aromatic N) is 1. The molecule has 21 heavy (non-hydrogen) atoms. The zero-order valence-electron chi connectivity index (χ0n) is 12.1. The second-order valence-electron chi connectivity index (χ2n) is 5.12. The van der Waals surface area contributed by atoms with E-state index in [1.54, 1.807) is 16.2 Å². The number of carbonyl (C=O) groups is 1. The minimum absolute atomic E-state index is 0.0788. The van der Waals surface area contributed by atoms with Crippen molar-refractivity contribution in [1.29, 1.82) is 0 Å². The lowest BCUT2D eigenvalue weighted by molar-refractivity contribution is -0.131. The second kappa shape index (κ2) is 5.74. The van der Waals surface area contributed by atoms with Crippen molar-refractivity contribution in [2.24, 2.45) is 0 Å². The standard InChI is InChI=1S/C17H17NO2S/c1-12(16-10-13-6-3-4-8-15(13)20-16)18(2)17(19)11-14-7-5-9-21-14/h3-10,12H,11H2,1-2H3/t12-/m1/s1. The first kappa shape index (κ1) is 13.9. The first-order valence-electron chi connectivity index (χ1n) is 6.91. The lowest BCUT2D eigenvalue weighted by Gasteiger charge is -2.23. The van der Waals surface area contributed by atoms with Gasteiger partial charge >= 0.3 is 0 Å². The van der Waals surface area contributed by atoms with E-state index in [1.807, 2.05) is 61.8 Å². The Bertz CT molecular complexity index is 712. The molecule has 2 heterocycles. The van der Waals surface area contributed by atoms with Gasteiger partial charge < -0.3 is 9.32 Å². The molecule has 0 spiro atoms. The molecule has 2 aromatic heterocycles. The van der Waals surface area contributed by atoms with E-state index in [2.05, 4.69) is 0 Å². The van der Waals surface area contributed by atoms with Crippen LogP contribution in [-0.4, -0.2) is 17.9 Å². The number of para-hydroxylation sites is 1. The molecule has 0 bridgehead atoms. The fourth-order valence-electron chi connectivity index (χ4n) is 2.30. The van der Waals surface area contributed by atoms with Gasteiger partial charge in [-0.25, -0.2) is 0 Å². The van der Waals surface area contributed by atoms with Crippen molar-refractivity contribution in [2.45, 2.75) is 19.4 Å². The van der Waals surface area contributed by atoms with Crippen LogP contribution >= 0.6 is 11.3 Å². The molecule has 0 aliphatic rings. The molecule has 1 amide bonds. The van der Waals surface area contributed by atoms with Crippen LogP contribution in [0.15, 0.2) is 52.3 Å². The summed E-state index contributed by atoms with van der Waals surface area (Å²) >= 11 is 1.61. The molecule has 4 heteroatoms. The van der Waals surface area contributed by atoms with E-state index in [0.29, 0.717) is 6.42 Å². The number of thiophene rings is 1. The number of hydrogen-bond donors (Lipinski definition) is 0. The molecule has 1 aromatic carbocycles. The van der Waals surface area contributed by atoms with Gasteiger partial charge in [0.2, 0.25) is 5.91 Å². The highest BCUT2D eigenvalue weighted by Gasteiger charge is 2.21. The van der Waals surface area contributed by atoms with Gasteiger partial charge in [0.05, 0.1) is 12.5 Å². The topological polar surface area (TPSA) is 33.5 Å². The molecule has 0 saturated carbocycles. The van der Waals surface area contributed by atoms with Crippen LogP contribution in [0.25, 0.3) is 11.0 Å². The number of fused-ring (bicyclic) bond motifs is 1. The second-order valence-corrected chi connectivity index (χ2v) is 6.16. The number of furan rings is 1. The van der Waals surface area contributed by atoms with E-state index in [0.717, 1.165) is 21.6 Å². The molecule has 0 unspecified atom stereocenters. The Labute approximate surface area is 127 Å². The zero-order valence-corrected chi connectivity index (χ0v) is 12.9. The first-order valence-corrected chi connectivity index (χ1v) is 7.79. The summed E-state index contributed by atoms with van der Waals surface area (Å²) in [6, 6.07) is 13.8. The van der Waals surface area contributed by atoms with Crippen molar-refractivity contribution in [2.75, 3.05) is 7.05 Å². The van der Waals surface area contributed by atoms with Crippen LogP contribution < -0.4 is 0 Å². The Hall–Kier alpha value is -2.07. The van der Waals surface area contributed by atoms with Crippen molar-refractivity contribution < 1.29 is 9.21 Å². The fraction of sp³-hybridized carbons (Fsp3) is 0.235. The average molecular weight is 299 g/mol. The maximum atomic E-state index is 12.3. The van der Waals surface area contributed by atoms with Crippen LogP contribution in [0.2, 0.25) is 0 Å². The summed E-state index contributed by atoms with van der Waals surface area (Å²) in [6.45, 7) is 1.99. The molecule has 0 radical (unpaired) electrons. The lowest BCUT2D eigenvalue weighted by Crippen LogP contribution is -2.30. The highest BCUT2D eigenvalue weighted by Crippen LogP contribution is 2.27. The van der Waals surface area contributed by atoms with Gasteiger partial charge in [0.25, 0.3) is 0 Å². The average Bonchev–Trinajstić information content (AvgIpc) is 3.14. The van der Waals surface area contributed by atoms with Crippen LogP contribution in [0, 0.1) is 0 Å². The number of benzene rings is 1. The Balaban J connectivity index is 1.77. The van der Waals surface area contributed by atoms with Crippen molar-refractivity contribution in [1.82, 2.24) is 4.90 Å². The van der Waals surface area contributed by atoms with Gasteiger partial charge in [0.1, 0.15) is 11.3 Å². The van der Waals surface area contributed by atoms with Gasteiger partial charge in [-0.3, -0.25) is 4.79 Å². The molecule has 0 saturated heterocycles. The Morgan fingerprint density at radius 2 is 2.10 bits per heavy atom. The maximum absolute atomic E-state index is 12.3. The largest absolute Gasteiger partial charge is 0.459 e. The molecule has 0 fully saturated rings. The highest BCUT2D eigenvalue weighted by molar-refractivity contribution is 7.10. The van der Waals surface area contributed by atoms with Gasteiger partial charge in [0.15, 0.2) is 0 Å². The molecule has 3 rings (SSSR count). The van der Waals surface area contributed by atoms with E-state index in [4.69, 9.17) is 4.42 Å². The van der Waals surface area contributed by atoms with Crippen molar-refractivity contribution >= 4 is 28.2 Å². The van der Waals surface area contributed by atoms with Crippen LogP contribution in [-0.2, 0) is 11.2 Å². The van der Waals surface area contributed by atoms with Crippen LogP contribution in [0.4, 0.5) is 0 Å². The summed E-state index contributed by atoms with van der Waals surface area (Å²) < 4.78 is 5.85. The number of hydrogen-bond acceptors (Lipinski definition) is 3. The van der Waals surface area contributed by atoms with Crippen molar-refractivity contribution in [3.8, 4) is 0 Å².